The first-order chi connectivity index (χ1) is 11.0. The number of benzene rings is 2. The molecule has 1 N–H and O–H groups in total. The van der Waals surface area contributed by atoms with E-state index in [1.807, 2.05) is 0 Å². The van der Waals surface area contributed by atoms with Gasteiger partial charge in [-0.15, -0.1) is 0 Å². The second kappa shape index (κ2) is 8.55. The van der Waals surface area contributed by atoms with E-state index in [9.17, 15) is 4.79 Å². The lowest BCUT2D eigenvalue weighted by atomic mass is 10.2. The van der Waals surface area contributed by atoms with Crippen molar-refractivity contribution < 1.29 is 9.53 Å². The van der Waals surface area contributed by atoms with Gasteiger partial charge in [-0.25, -0.2) is 5.43 Å². The maximum absolute atomic E-state index is 11.7. The normalized spacial score (nSPS) is 10.8. The van der Waals surface area contributed by atoms with Crippen LogP contribution in [0.5, 0.6) is 5.75 Å². The van der Waals surface area contributed by atoms with Crippen LogP contribution >= 0.6 is 50.7 Å². The molecule has 4 nitrogen and oxygen atoms in total. The highest BCUT2D eigenvalue weighted by Crippen LogP contribution is 2.27. The molecular formula is C15H10BrCl3N2O2. The molecule has 0 aliphatic heterocycles. The Morgan fingerprint density at radius 3 is 2.65 bits per heavy atom. The van der Waals surface area contributed by atoms with E-state index in [1.165, 1.54) is 6.21 Å². The number of nitrogens with zero attached hydrogens (tertiary/aromatic N) is 1. The van der Waals surface area contributed by atoms with E-state index in [-0.39, 0.29) is 6.61 Å². The molecule has 0 unspecified atom stereocenters. The number of hydrazone groups is 1. The van der Waals surface area contributed by atoms with Gasteiger partial charge in [0.25, 0.3) is 5.91 Å². The highest BCUT2D eigenvalue weighted by Gasteiger charge is 2.06. The van der Waals surface area contributed by atoms with Crippen molar-refractivity contribution in [3.63, 3.8) is 0 Å². The van der Waals surface area contributed by atoms with Crippen molar-refractivity contribution in [3.8, 4) is 5.75 Å². The first-order valence-corrected chi connectivity index (χ1v) is 8.23. The summed E-state index contributed by atoms with van der Waals surface area (Å²) in [5.74, 6) is -0.0138. The van der Waals surface area contributed by atoms with E-state index >= 15 is 0 Å². The third kappa shape index (κ3) is 5.70. The highest BCUT2D eigenvalue weighted by molar-refractivity contribution is 9.10. The fourth-order valence-electron chi connectivity index (χ4n) is 1.55. The first kappa shape index (κ1) is 18.1. The lowest BCUT2D eigenvalue weighted by Crippen LogP contribution is -2.24. The number of carbonyl (C=O) groups is 1. The van der Waals surface area contributed by atoms with Crippen LogP contribution in [-0.2, 0) is 4.79 Å². The average molecular weight is 437 g/mol. The Morgan fingerprint density at radius 1 is 1.17 bits per heavy atom. The highest BCUT2D eigenvalue weighted by atomic mass is 79.9. The number of halogens is 4. The molecule has 0 atom stereocenters. The van der Waals surface area contributed by atoms with E-state index in [1.54, 1.807) is 36.4 Å². The summed E-state index contributed by atoms with van der Waals surface area (Å²) in [5.41, 5.74) is 2.97. The molecule has 120 valence electrons. The SMILES string of the molecule is O=C(COc1ccc(Br)cc1Cl)NN=Cc1ccc(Cl)cc1Cl. The monoisotopic (exact) mass is 434 g/mol. The average Bonchev–Trinajstić information content (AvgIpc) is 2.48. The molecule has 0 bridgehead atoms. The number of amides is 1. The molecule has 0 aromatic heterocycles. The van der Waals surface area contributed by atoms with Gasteiger partial charge < -0.3 is 4.74 Å². The maximum atomic E-state index is 11.7. The Morgan fingerprint density at radius 2 is 1.96 bits per heavy atom. The van der Waals surface area contributed by atoms with Crippen LogP contribution in [0.25, 0.3) is 0 Å². The van der Waals surface area contributed by atoms with Crippen molar-refractivity contribution >= 4 is 62.9 Å². The van der Waals surface area contributed by atoms with Crippen molar-refractivity contribution in [3.05, 3.63) is 61.5 Å². The standard InChI is InChI=1S/C15H10BrCl3N2O2/c16-10-2-4-14(13(19)5-10)23-8-15(22)21-20-7-9-1-3-11(17)6-12(9)18/h1-7H,8H2,(H,21,22). The molecule has 2 rings (SSSR count). The number of hydrogen-bond donors (Lipinski definition) is 1. The van der Waals surface area contributed by atoms with Crippen LogP contribution in [0.4, 0.5) is 0 Å². The van der Waals surface area contributed by atoms with E-state index < -0.39 is 5.91 Å². The van der Waals surface area contributed by atoms with Crippen LogP contribution in [0.15, 0.2) is 46.0 Å². The quantitative estimate of drug-likeness (QED) is 0.533. The lowest BCUT2D eigenvalue weighted by Gasteiger charge is -2.07. The zero-order valence-corrected chi connectivity index (χ0v) is 15.4. The summed E-state index contributed by atoms with van der Waals surface area (Å²) in [7, 11) is 0. The number of carbonyl (C=O) groups excluding carboxylic acids is 1. The number of ether oxygens (including phenoxy) is 1. The first-order valence-electron chi connectivity index (χ1n) is 6.30. The van der Waals surface area contributed by atoms with Crippen molar-refractivity contribution in [2.24, 2.45) is 5.10 Å². The molecule has 0 heterocycles. The van der Waals surface area contributed by atoms with Gasteiger partial charge in [-0.2, -0.15) is 5.10 Å². The summed E-state index contributed by atoms with van der Waals surface area (Å²) < 4.78 is 6.14. The fourth-order valence-corrected chi connectivity index (χ4v) is 2.73. The van der Waals surface area contributed by atoms with Crippen molar-refractivity contribution in [1.29, 1.82) is 0 Å². The van der Waals surface area contributed by atoms with Gasteiger partial charge in [0.1, 0.15) is 5.75 Å². The van der Waals surface area contributed by atoms with Gasteiger partial charge >= 0.3 is 0 Å². The van der Waals surface area contributed by atoms with Crippen molar-refractivity contribution in [2.45, 2.75) is 0 Å². The smallest absolute Gasteiger partial charge is 0.277 e. The fraction of sp³-hybridized carbons (Fsp3) is 0.0667. The summed E-state index contributed by atoms with van der Waals surface area (Å²) in [5, 5.41) is 5.18. The van der Waals surface area contributed by atoms with E-state index in [0.29, 0.717) is 26.4 Å². The van der Waals surface area contributed by atoms with E-state index in [0.717, 1.165) is 4.47 Å². The summed E-state index contributed by atoms with van der Waals surface area (Å²) in [6.07, 6.45) is 1.42. The molecule has 1 amide bonds. The molecule has 0 saturated carbocycles. The van der Waals surface area contributed by atoms with Crippen LogP contribution in [0, 0.1) is 0 Å². The van der Waals surface area contributed by atoms with Gasteiger partial charge in [0, 0.05) is 15.1 Å². The Labute approximate surface area is 156 Å². The van der Waals surface area contributed by atoms with Gasteiger partial charge in [0.05, 0.1) is 16.3 Å². The van der Waals surface area contributed by atoms with Crippen LogP contribution < -0.4 is 10.2 Å². The molecule has 0 aliphatic rings. The minimum atomic E-state index is -0.426. The minimum absolute atomic E-state index is 0.215. The maximum Gasteiger partial charge on any atom is 0.277 e. The number of hydrogen-bond acceptors (Lipinski definition) is 3. The van der Waals surface area contributed by atoms with E-state index in [4.69, 9.17) is 39.5 Å². The van der Waals surface area contributed by atoms with Crippen LogP contribution in [-0.4, -0.2) is 18.7 Å². The Kier molecular flexibility index (Phi) is 6.72. The topological polar surface area (TPSA) is 50.7 Å². The van der Waals surface area contributed by atoms with Gasteiger partial charge in [-0.1, -0.05) is 56.8 Å². The summed E-state index contributed by atoms with van der Waals surface area (Å²) in [6, 6.07) is 10.1. The zero-order valence-electron chi connectivity index (χ0n) is 11.5. The van der Waals surface area contributed by atoms with Gasteiger partial charge in [-0.05, 0) is 30.3 Å². The third-order valence-corrected chi connectivity index (χ3v) is 3.96. The Hall–Kier alpha value is -1.27. The summed E-state index contributed by atoms with van der Waals surface area (Å²) in [6.45, 7) is -0.215. The molecule has 0 fully saturated rings. The zero-order chi connectivity index (χ0) is 16.8. The second-order valence-electron chi connectivity index (χ2n) is 4.32. The molecule has 0 saturated heterocycles. The van der Waals surface area contributed by atoms with Gasteiger partial charge in [0.15, 0.2) is 6.61 Å². The number of nitrogens with one attached hydrogen (secondary N) is 1. The van der Waals surface area contributed by atoms with Gasteiger partial charge in [-0.3, -0.25) is 4.79 Å². The molecule has 2 aromatic rings. The predicted octanol–water partition coefficient (Wildman–Crippen LogP) is 4.94. The van der Waals surface area contributed by atoms with Crippen molar-refractivity contribution in [1.82, 2.24) is 5.43 Å². The molecule has 0 aliphatic carbocycles. The van der Waals surface area contributed by atoms with Crippen LogP contribution in [0.3, 0.4) is 0 Å². The second-order valence-corrected chi connectivity index (χ2v) is 6.49. The molecule has 8 heteroatoms. The summed E-state index contributed by atoms with van der Waals surface area (Å²) >= 11 is 21.1. The minimum Gasteiger partial charge on any atom is -0.482 e. The lowest BCUT2D eigenvalue weighted by molar-refractivity contribution is -0.123. The molecular weight excluding hydrogens is 426 g/mol. The van der Waals surface area contributed by atoms with Crippen LogP contribution in [0.1, 0.15) is 5.56 Å². The van der Waals surface area contributed by atoms with Crippen LogP contribution in [0.2, 0.25) is 15.1 Å². The van der Waals surface area contributed by atoms with E-state index in [2.05, 4.69) is 26.5 Å². The molecule has 23 heavy (non-hydrogen) atoms. The predicted molar refractivity (Wildman–Crippen MR) is 96.8 cm³/mol. The molecule has 0 radical (unpaired) electrons. The number of rotatable bonds is 5. The largest absolute Gasteiger partial charge is 0.482 e. The summed E-state index contributed by atoms with van der Waals surface area (Å²) in [4.78, 5) is 11.7. The van der Waals surface area contributed by atoms with Crippen molar-refractivity contribution in [2.75, 3.05) is 6.61 Å². The molecule has 0 spiro atoms. The Balaban J connectivity index is 1.86. The van der Waals surface area contributed by atoms with Gasteiger partial charge in [0.2, 0.25) is 0 Å². The Bertz CT molecular complexity index is 753. The third-order valence-electron chi connectivity index (χ3n) is 2.61. The molecule has 2 aromatic carbocycles.